The Bertz CT molecular complexity index is 453. The maximum Gasteiger partial charge on any atom is 0.256 e. The van der Waals surface area contributed by atoms with Gasteiger partial charge >= 0.3 is 0 Å². The number of nitrogens with one attached hydrogen (secondary N) is 2. The first-order chi connectivity index (χ1) is 8.46. The number of hydrogen-bond acceptors (Lipinski definition) is 4. The SMILES string of the molecule is COCCC(C)(O)CNC(=O)c1c[nH]ccc1=O. The molecule has 1 aromatic rings. The molecule has 0 radical (unpaired) electrons. The first-order valence-corrected chi connectivity index (χ1v) is 5.63. The molecule has 0 aromatic carbocycles. The molecule has 0 aliphatic rings. The Kier molecular flexibility index (Phi) is 5.06. The molecule has 0 saturated carbocycles. The zero-order chi connectivity index (χ0) is 13.6. The molecule has 6 nitrogen and oxygen atoms in total. The molecule has 1 rings (SSSR count). The number of aromatic amines is 1. The molecular weight excluding hydrogens is 236 g/mol. The van der Waals surface area contributed by atoms with E-state index in [0.29, 0.717) is 13.0 Å². The van der Waals surface area contributed by atoms with E-state index in [2.05, 4.69) is 10.3 Å². The highest BCUT2D eigenvalue weighted by Gasteiger charge is 2.21. The molecular formula is C12H18N2O4. The number of hydrogen-bond donors (Lipinski definition) is 3. The minimum absolute atomic E-state index is 0.0278. The van der Waals surface area contributed by atoms with Crippen LogP contribution >= 0.6 is 0 Å². The summed E-state index contributed by atoms with van der Waals surface area (Å²) < 4.78 is 4.86. The van der Waals surface area contributed by atoms with Crippen LogP contribution in [0.25, 0.3) is 0 Å². The van der Waals surface area contributed by atoms with E-state index < -0.39 is 11.5 Å². The third-order valence-corrected chi connectivity index (χ3v) is 2.54. The van der Waals surface area contributed by atoms with Crippen LogP contribution in [0.15, 0.2) is 23.3 Å². The van der Waals surface area contributed by atoms with Crippen LogP contribution in [-0.2, 0) is 4.74 Å². The van der Waals surface area contributed by atoms with Crippen LogP contribution in [0.2, 0.25) is 0 Å². The fraction of sp³-hybridized carbons (Fsp3) is 0.500. The van der Waals surface area contributed by atoms with Crippen molar-refractivity contribution in [2.75, 3.05) is 20.3 Å². The number of methoxy groups -OCH3 is 1. The largest absolute Gasteiger partial charge is 0.388 e. The Balaban J connectivity index is 2.56. The Hall–Kier alpha value is -1.66. The van der Waals surface area contributed by atoms with Crippen LogP contribution in [0, 0.1) is 0 Å². The van der Waals surface area contributed by atoms with Crippen LogP contribution in [0.4, 0.5) is 0 Å². The van der Waals surface area contributed by atoms with Gasteiger partial charge in [0.25, 0.3) is 5.91 Å². The van der Waals surface area contributed by atoms with Gasteiger partial charge < -0.3 is 20.1 Å². The summed E-state index contributed by atoms with van der Waals surface area (Å²) in [5, 5.41) is 12.5. The van der Waals surface area contributed by atoms with E-state index in [1.807, 2.05) is 0 Å². The molecule has 1 atom stereocenters. The number of aromatic nitrogens is 1. The van der Waals surface area contributed by atoms with Gasteiger partial charge in [0.2, 0.25) is 0 Å². The van der Waals surface area contributed by atoms with Gasteiger partial charge in [0.1, 0.15) is 5.56 Å². The molecule has 0 aliphatic heterocycles. The lowest BCUT2D eigenvalue weighted by atomic mass is 10.0. The third kappa shape index (κ3) is 4.31. The van der Waals surface area contributed by atoms with Gasteiger partial charge in [0.05, 0.1) is 5.60 Å². The van der Waals surface area contributed by atoms with Gasteiger partial charge in [-0.25, -0.2) is 0 Å². The smallest absolute Gasteiger partial charge is 0.256 e. The molecule has 0 spiro atoms. The number of ether oxygens (including phenoxy) is 1. The Morgan fingerprint density at radius 3 is 2.94 bits per heavy atom. The van der Waals surface area contributed by atoms with Gasteiger partial charge in [0.15, 0.2) is 5.43 Å². The van der Waals surface area contributed by atoms with Gasteiger partial charge in [-0.05, 0) is 6.92 Å². The van der Waals surface area contributed by atoms with Crippen molar-refractivity contribution in [3.05, 3.63) is 34.2 Å². The summed E-state index contributed by atoms with van der Waals surface area (Å²) in [6.45, 7) is 2.06. The number of aliphatic hydroxyl groups is 1. The molecule has 1 aromatic heterocycles. The van der Waals surface area contributed by atoms with Crippen molar-refractivity contribution in [3.63, 3.8) is 0 Å². The van der Waals surface area contributed by atoms with Crippen molar-refractivity contribution < 1.29 is 14.6 Å². The summed E-state index contributed by atoms with van der Waals surface area (Å²) in [5.74, 6) is -0.505. The summed E-state index contributed by atoms with van der Waals surface area (Å²) >= 11 is 0. The average molecular weight is 254 g/mol. The van der Waals surface area contributed by atoms with Gasteiger partial charge in [-0.3, -0.25) is 9.59 Å². The van der Waals surface area contributed by atoms with Gasteiger partial charge in [-0.1, -0.05) is 0 Å². The van der Waals surface area contributed by atoms with Crippen LogP contribution in [0.5, 0.6) is 0 Å². The minimum atomic E-state index is -1.06. The van der Waals surface area contributed by atoms with E-state index >= 15 is 0 Å². The second-order valence-electron chi connectivity index (χ2n) is 4.34. The minimum Gasteiger partial charge on any atom is -0.388 e. The first-order valence-electron chi connectivity index (χ1n) is 5.63. The highest BCUT2D eigenvalue weighted by Crippen LogP contribution is 2.07. The number of amides is 1. The molecule has 0 aliphatic carbocycles. The molecule has 0 bridgehead atoms. The standard InChI is InChI=1S/C12H18N2O4/c1-12(17,4-6-18-2)8-14-11(16)9-7-13-5-3-10(9)15/h3,5,7,17H,4,6,8H2,1-2H3,(H,13,15)(H,14,16). The molecule has 100 valence electrons. The van der Waals surface area contributed by atoms with Crippen LogP contribution in [0.3, 0.4) is 0 Å². The van der Waals surface area contributed by atoms with E-state index in [4.69, 9.17) is 4.74 Å². The number of rotatable bonds is 6. The summed E-state index contributed by atoms with van der Waals surface area (Å²) in [6, 6.07) is 1.28. The van der Waals surface area contributed by atoms with E-state index in [1.54, 1.807) is 6.92 Å². The maximum atomic E-state index is 11.7. The van der Waals surface area contributed by atoms with Crippen molar-refractivity contribution in [1.82, 2.24) is 10.3 Å². The van der Waals surface area contributed by atoms with Crippen molar-refractivity contribution in [2.45, 2.75) is 18.9 Å². The van der Waals surface area contributed by atoms with E-state index in [9.17, 15) is 14.7 Å². The molecule has 0 fully saturated rings. The van der Waals surface area contributed by atoms with Gasteiger partial charge in [-0.15, -0.1) is 0 Å². The Labute approximate surface area is 105 Å². The summed E-state index contributed by atoms with van der Waals surface area (Å²) in [4.78, 5) is 25.8. The van der Waals surface area contributed by atoms with Gasteiger partial charge in [0, 0.05) is 45.1 Å². The first kappa shape index (κ1) is 14.4. The lowest BCUT2D eigenvalue weighted by Gasteiger charge is -2.23. The maximum absolute atomic E-state index is 11.7. The fourth-order valence-corrected chi connectivity index (χ4v) is 1.37. The topological polar surface area (TPSA) is 91.4 Å². The van der Waals surface area contributed by atoms with E-state index in [0.717, 1.165) is 0 Å². The van der Waals surface area contributed by atoms with E-state index in [1.165, 1.54) is 25.6 Å². The Morgan fingerprint density at radius 1 is 1.61 bits per heavy atom. The predicted octanol–water partition coefficient (Wildman–Crippen LogP) is -0.108. The molecule has 6 heteroatoms. The molecule has 1 unspecified atom stereocenters. The molecule has 1 amide bonds. The predicted molar refractivity (Wildman–Crippen MR) is 66.5 cm³/mol. The van der Waals surface area contributed by atoms with Crippen LogP contribution in [-0.4, -0.2) is 41.9 Å². The number of H-pyrrole nitrogens is 1. The van der Waals surface area contributed by atoms with Crippen molar-refractivity contribution in [3.8, 4) is 0 Å². The van der Waals surface area contributed by atoms with Crippen molar-refractivity contribution >= 4 is 5.91 Å². The molecule has 1 heterocycles. The monoisotopic (exact) mass is 254 g/mol. The fourth-order valence-electron chi connectivity index (χ4n) is 1.37. The average Bonchev–Trinajstić information content (AvgIpc) is 2.34. The number of pyridine rings is 1. The molecule has 3 N–H and O–H groups in total. The zero-order valence-electron chi connectivity index (χ0n) is 10.5. The highest BCUT2D eigenvalue weighted by atomic mass is 16.5. The second-order valence-corrected chi connectivity index (χ2v) is 4.34. The van der Waals surface area contributed by atoms with Crippen LogP contribution in [0.1, 0.15) is 23.7 Å². The van der Waals surface area contributed by atoms with Crippen molar-refractivity contribution in [1.29, 1.82) is 0 Å². The lowest BCUT2D eigenvalue weighted by Crippen LogP contribution is -2.42. The normalized spacial score (nSPS) is 13.9. The Morgan fingerprint density at radius 2 is 2.33 bits per heavy atom. The summed E-state index contributed by atoms with van der Waals surface area (Å²) in [7, 11) is 1.54. The lowest BCUT2D eigenvalue weighted by molar-refractivity contribution is 0.0243. The van der Waals surface area contributed by atoms with Crippen LogP contribution < -0.4 is 10.7 Å². The summed E-state index contributed by atoms with van der Waals surface area (Å²) in [5.41, 5.74) is -1.39. The van der Waals surface area contributed by atoms with Gasteiger partial charge in [-0.2, -0.15) is 0 Å². The second kappa shape index (κ2) is 6.32. The van der Waals surface area contributed by atoms with Crippen molar-refractivity contribution in [2.24, 2.45) is 0 Å². The number of carbonyl (C=O) groups is 1. The molecule has 18 heavy (non-hydrogen) atoms. The third-order valence-electron chi connectivity index (χ3n) is 2.54. The van der Waals surface area contributed by atoms with E-state index in [-0.39, 0.29) is 17.5 Å². The zero-order valence-corrected chi connectivity index (χ0v) is 10.5. The number of carbonyl (C=O) groups excluding carboxylic acids is 1. The summed E-state index contributed by atoms with van der Waals surface area (Å²) in [6.07, 6.45) is 3.18. The highest BCUT2D eigenvalue weighted by molar-refractivity contribution is 5.93. The molecule has 0 saturated heterocycles. The quantitative estimate of drug-likeness (QED) is 0.660.